The fraction of sp³-hybridized carbons (Fsp3) is 0.577. The second-order valence-corrected chi connectivity index (χ2v) is 10.5. The average molecular weight is 500 g/mol. The van der Waals surface area contributed by atoms with Crippen LogP contribution in [-0.2, 0) is 19.2 Å². The first-order chi connectivity index (χ1) is 16.9. The minimum Gasteiger partial charge on any atom is -0.399 e. The number of nitrogen functional groups attached to an aromatic ring is 1. The lowest BCUT2D eigenvalue weighted by Gasteiger charge is -2.30. The fourth-order valence-corrected chi connectivity index (χ4v) is 5.04. The maximum Gasteiger partial charge on any atom is 0.251 e. The summed E-state index contributed by atoms with van der Waals surface area (Å²) >= 11 is 0. The number of rotatable bonds is 8. The third-order valence-electron chi connectivity index (χ3n) is 6.76. The highest BCUT2D eigenvalue weighted by molar-refractivity contribution is 6.01. The van der Waals surface area contributed by atoms with Crippen molar-refractivity contribution in [3.63, 3.8) is 0 Å². The van der Waals surface area contributed by atoms with Gasteiger partial charge >= 0.3 is 0 Å². The van der Waals surface area contributed by atoms with Crippen molar-refractivity contribution >= 4 is 35.1 Å². The van der Waals surface area contributed by atoms with Crippen LogP contribution in [0.25, 0.3) is 0 Å². The molecule has 0 bridgehead atoms. The van der Waals surface area contributed by atoms with Crippen LogP contribution < -0.4 is 16.4 Å². The van der Waals surface area contributed by atoms with Crippen LogP contribution in [0.2, 0.25) is 0 Å². The molecule has 1 aromatic carbocycles. The molecule has 4 atom stereocenters. The van der Waals surface area contributed by atoms with Gasteiger partial charge in [-0.05, 0) is 48.9 Å². The zero-order valence-electron chi connectivity index (χ0n) is 21.6. The minimum absolute atomic E-state index is 0.104. The number of carbonyl (C=O) groups is 5. The van der Waals surface area contributed by atoms with Gasteiger partial charge in [0.2, 0.25) is 17.7 Å². The molecule has 10 heteroatoms. The Kier molecular flexibility index (Phi) is 8.37. The molecule has 10 nitrogen and oxygen atoms in total. The Morgan fingerprint density at radius 2 is 1.64 bits per heavy atom. The van der Waals surface area contributed by atoms with E-state index in [2.05, 4.69) is 10.6 Å². The molecular formula is C26H37N5O5. The maximum absolute atomic E-state index is 13.6. The van der Waals surface area contributed by atoms with E-state index in [4.69, 9.17) is 5.73 Å². The predicted octanol–water partition coefficient (Wildman–Crippen LogP) is 0.955. The number of benzene rings is 1. The topological polar surface area (TPSA) is 142 Å². The smallest absolute Gasteiger partial charge is 0.251 e. The maximum atomic E-state index is 13.6. The molecule has 4 amide bonds. The molecule has 3 rings (SSSR count). The number of nitrogens with zero attached hydrogens (tertiary/aromatic N) is 2. The Labute approximate surface area is 211 Å². The number of fused-ring (bicyclic) bond motifs is 1. The molecule has 196 valence electrons. The predicted molar refractivity (Wildman–Crippen MR) is 135 cm³/mol. The van der Waals surface area contributed by atoms with Crippen molar-refractivity contribution in [3.8, 4) is 0 Å². The Bertz CT molecular complexity index is 1020. The zero-order chi connectivity index (χ0) is 26.7. The molecule has 4 unspecified atom stereocenters. The fourth-order valence-electron chi connectivity index (χ4n) is 5.04. The van der Waals surface area contributed by atoms with Crippen LogP contribution in [0.15, 0.2) is 24.3 Å². The molecule has 0 aromatic heterocycles. The highest BCUT2D eigenvalue weighted by Gasteiger charge is 2.53. The second kappa shape index (κ2) is 11.1. The second-order valence-electron chi connectivity index (χ2n) is 10.5. The standard InChI is InChI=1S/C26H37N5O5/c1-14(2)12-19(29-24(34)17-6-8-18(27)9-7-17)25(35)30-11-10-20-23(30)21(33)13-31(20)26(36)22(15(3)4)28-16(5)32/h6-9,14-15,19-20,22-23H,10-13,27H2,1-5H3,(H,28,32)(H,29,34). The molecule has 2 saturated heterocycles. The third kappa shape index (κ3) is 5.85. The summed E-state index contributed by atoms with van der Waals surface area (Å²) in [5, 5.41) is 5.52. The van der Waals surface area contributed by atoms with Gasteiger partial charge in [-0.15, -0.1) is 0 Å². The number of hydrogen-bond donors (Lipinski definition) is 3. The highest BCUT2D eigenvalue weighted by atomic mass is 16.2. The van der Waals surface area contributed by atoms with E-state index in [1.54, 1.807) is 24.3 Å². The summed E-state index contributed by atoms with van der Waals surface area (Å²) in [7, 11) is 0. The quantitative estimate of drug-likeness (QED) is 0.455. The van der Waals surface area contributed by atoms with Gasteiger partial charge in [0.05, 0.1) is 12.6 Å². The number of anilines is 1. The van der Waals surface area contributed by atoms with E-state index in [1.165, 1.54) is 16.7 Å². The van der Waals surface area contributed by atoms with Crippen molar-refractivity contribution in [1.29, 1.82) is 0 Å². The monoisotopic (exact) mass is 499 g/mol. The molecule has 0 aliphatic carbocycles. The molecule has 2 heterocycles. The average Bonchev–Trinajstić information content (AvgIpc) is 3.37. The van der Waals surface area contributed by atoms with E-state index in [1.807, 2.05) is 27.7 Å². The summed E-state index contributed by atoms with van der Waals surface area (Å²) in [6.45, 7) is 9.13. The number of hydrogen-bond acceptors (Lipinski definition) is 6. The van der Waals surface area contributed by atoms with Crippen molar-refractivity contribution in [2.24, 2.45) is 11.8 Å². The van der Waals surface area contributed by atoms with Crippen LogP contribution in [-0.4, -0.2) is 76.5 Å². The van der Waals surface area contributed by atoms with Crippen LogP contribution in [0.4, 0.5) is 5.69 Å². The Balaban J connectivity index is 1.78. The molecule has 2 aliphatic rings. The number of ketones is 1. The lowest BCUT2D eigenvalue weighted by Crippen LogP contribution is -2.54. The SMILES string of the molecule is CC(=O)NC(C(=O)N1CC(=O)C2C1CCN2C(=O)C(CC(C)C)NC(=O)c1ccc(N)cc1)C(C)C. The van der Waals surface area contributed by atoms with Gasteiger partial charge in [0.25, 0.3) is 5.91 Å². The van der Waals surface area contributed by atoms with Gasteiger partial charge in [-0.2, -0.15) is 0 Å². The summed E-state index contributed by atoms with van der Waals surface area (Å²) in [5.74, 6) is -1.61. The molecule has 2 aliphatic heterocycles. The first-order valence-corrected chi connectivity index (χ1v) is 12.5. The number of Topliss-reactive ketones (excluding diaryl/α,β-unsaturated/α-hetero) is 1. The van der Waals surface area contributed by atoms with Gasteiger partial charge < -0.3 is 26.2 Å². The number of amides is 4. The normalized spacial score (nSPS) is 20.9. The summed E-state index contributed by atoms with van der Waals surface area (Å²) < 4.78 is 0. The van der Waals surface area contributed by atoms with Crippen LogP contribution in [0.1, 0.15) is 57.8 Å². The summed E-state index contributed by atoms with van der Waals surface area (Å²) in [6.07, 6.45) is 0.862. The molecule has 2 fully saturated rings. The Hall–Kier alpha value is -3.43. The van der Waals surface area contributed by atoms with E-state index in [0.29, 0.717) is 30.6 Å². The van der Waals surface area contributed by atoms with Gasteiger partial charge in [-0.25, -0.2) is 0 Å². The molecule has 36 heavy (non-hydrogen) atoms. The number of likely N-dealkylation sites (tertiary alicyclic amines) is 2. The highest BCUT2D eigenvalue weighted by Crippen LogP contribution is 2.31. The third-order valence-corrected chi connectivity index (χ3v) is 6.76. The van der Waals surface area contributed by atoms with E-state index >= 15 is 0 Å². The van der Waals surface area contributed by atoms with Crippen molar-refractivity contribution < 1.29 is 24.0 Å². The summed E-state index contributed by atoms with van der Waals surface area (Å²) in [5.41, 5.74) is 6.62. The molecule has 1 aromatic rings. The minimum atomic E-state index is -0.811. The molecule has 4 N–H and O–H groups in total. The van der Waals surface area contributed by atoms with Gasteiger partial charge in [-0.1, -0.05) is 27.7 Å². The largest absolute Gasteiger partial charge is 0.399 e. The van der Waals surface area contributed by atoms with E-state index in [0.717, 1.165) is 0 Å². The first-order valence-electron chi connectivity index (χ1n) is 12.5. The van der Waals surface area contributed by atoms with Crippen molar-refractivity contribution in [3.05, 3.63) is 29.8 Å². The van der Waals surface area contributed by atoms with Crippen molar-refractivity contribution in [2.75, 3.05) is 18.8 Å². The Morgan fingerprint density at radius 1 is 1.00 bits per heavy atom. The van der Waals surface area contributed by atoms with Crippen LogP contribution in [0.3, 0.4) is 0 Å². The molecule has 0 spiro atoms. The lowest BCUT2D eigenvalue weighted by atomic mass is 10.0. The van der Waals surface area contributed by atoms with Gasteiger partial charge in [0.1, 0.15) is 18.1 Å². The summed E-state index contributed by atoms with van der Waals surface area (Å²) in [6, 6.07) is 3.67. The van der Waals surface area contributed by atoms with Gasteiger partial charge in [0, 0.05) is 24.7 Å². The van der Waals surface area contributed by atoms with Gasteiger partial charge in [-0.3, -0.25) is 24.0 Å². The van der Waals surface area contributed by atoms with E-state index < -0.39 is 30.1 Å². The lowest BCUT2D eigenvalue weighted by molar-refractivity contribution is -0.138. The number of nitrogens with one attached hydrogen (secondary N) is 2. The molecular weight excluding hydrogens is 462 g/mol. The number of carbonyl (C=O) groups excluding carboxylic acids is 5. The zero-order valence-corrected chi connectivity index (χ0v) is 21.6. The van der Waals surface area contributed by atoms with E-state index in [-0.39, 0.29) is 41.9 Å². The van der Waals surface area contributed by atoms with Crippen LogP contribution >= 0.6 is 0 Å². The van der Waals surface area contributed by atoms with Crippen LogP contribution in [0.5, 0.6) is 0 Å². The van der Waals surface area contributed by atoms with E-state index in [9.17, 15) is 24.0 Å². The molecule has 0 radical (unpaired) electrons. The van der Waals surface area contributed by atoms with Gasteiger partial charge in [0.15, 0.2) is 5.78 Å². The van der Waals surface area contributed by atoms with Crippen LogP contribution in [0, 0.1) is 11.8 Å². The first kappa shape index (κ1) is 27.2. The van der Waals surface area contributed by atoms with Crippen molar-refractivity contribution in [2.45, 2.75) is 71.6 Å². The molecule has 0 saturated carbocycles. The summed E-state index contributed by atoms with van der Waals surface area (Å²) in [4.78, 5) is 67.5. The van der Waals surface area contributed by atoms with Crippen molar-refractivity contribution in [1.82, 2.24) is 20.4 Å². The number of nitrogens with two attached hydrogens (primary N) is 1. The Morgan fingerprint density at radius 3 is 2.19 bits per heavy atom.